The predicted octanol–water partition coefficient (Wildman–Crippen LogP) is 0.0705. The Hall–Kier alpha value is -1.32. The first kappa shape index (κ1) is 9.77. The number of hydrogen-bond acceptors (Lipinski definition) is 4. The molecule has 1 heterocycles. The Morgan fingerprint density at radius 3 is 3.23 bits per heavy atom. The summed E-state index contributed by atoms with van der Waals surface area (Å²) in [6.45, 7) is 5.95. The van der Waals surface area contributed by atoms with Crippen LogP contribution in [0.2, 0.25) is 0 Å². The minimum Gasteiger partial charge on any atom is -0.356 e. The molecule has 0 radical (unpaired) electrons. The lowest BCUT2D eigenvalue weighted by Gasteiger charge is -2.04. The van der Waals surface area contributed by atoms with Crippen molar-refractivity contribution in [3.63, 3.8) is 0 Å². The van der Waals surface area contributed by atoms with Gasteiger partial charge in [0.15, 0.2) is 11.7 Å². The average Bonchev–Trinajstić information content (AvgIpc) is 2.64. The van der Waals surface area contributed by atoms with Crippen LogP contribution >= 0.6 is 0 Å². The van der Waals surface area contributed by atoms with Crippen LogP contribution < -0.4 is 10.6 Å². The number of hydrogen-bond donors (Lipinski definition) is 2. The number of rotatable bonds is 5. The summed E-state index contributed by atoms with van der Waals surface area (Å²) >= 11 is 0. The third-order valence-electron chi connectivity index (χ3n) is 1.79. The van der Waals surface area contributed by atoms with Gasteiger partial charge in [0.1, 0.15) is 0 Å². The van der Waals surface area contributed by atoms with Crippen LogP contribution in [0.1, 0.15) is 12.8 Å². The van der Waals surface area contributed by atoms with Gasteiger partial charge in [-0.05, 0) is 12.5 Å². The Labute approximate surface area is 78.1 Å². The van der Waals surface area contributed by atoms with Crippen molar-refractivity contribution < 1.29 is 4.79 Å². The molecule has 0 atom stereocenters. The number of carbonyl (C=O) groups excluding carboxylic acids is 1. The van der Waals surface area contributed by atoms with Gasteiger partial charge in [0.2, 0.25) is 0 Å². The van der Waals surface area contributed by atoms with Crippen molar-refractivity contribution in [3.05, 3.63) is 12.7 Å². The number of aliphatic imine (C=N–C) groups is 1. The van der Waals surface area contributed by atoms with E-state index in [1.807, 2.05) is 0 Å². The van der Waals surface area contributed by atoms with Crippen molar-refractivity contribution in [2.24, 2.45) is 4.99 Å². The smallest absolute Gasteiger partial charge is 0.191 e. The summed E-state index contributed by atoms with van der Waals surface area (Å²) in [6.07, 6.45) is 2.75. The summed E-state index contributed by atoms with van der Waals surface area (Å²) in [5, 5.41) is 6.21. The monoisotopic (exact) mass is 181 g/mol. The van der Waals surface area contributed by atoms with Crippen LogP contribution in [-0.4, -0.2) is 31.4 Å². The number of guanidine groups is 1. The highest BCUT2D eigenvalue weighted by Gasteiger charge is 2.02. The van der Waals surface area contributed by atoms with Crippen molar-refractivity contribution in [2.75, 3.05) is 19.6 Å². The quantitative estimate of drug-likeness (QED) is 0.466. The van der Waals surface area contributed by atoms with E-state index in [4.69, 9.17) is 0 Å². The van der Waals surface area contributed by atoms with Gasteiger partial charge in [0.25, 0.3) is 0 Å². The van der Waals surface area contributed by atoms with Gasteiger partial charge in [-0.3, -0.25) is 9.79 Å². The summed E-state index contributed by atoms with van der Waals surface area (Å²) in [6, 6.07) is 0. The highest BCUT2D eigenvalue weighted by Crippen LogP contribution is 1.90. The molecule has 0 saturated carbocycles. The third-order valence-corrected chi connectivity index (χ3v) is 1.79. The molecule has 1 aliphatic rings. The van der Waals surface area contributed by atoms with Crippen LogP contribution in [0.3, 0.4) is 0 Å². The molecule has 13 heavy (non-hydrogen) atoms. The van der Waals surface area contributed by atoms with E-state index in [0.717, 1.165) is 32.0 Å². The van der Waals surface area contributed by atoms with E-state index in [-0.39, 0.29) is 5.78 Å². The predicted molar refractivity (Wildman–Crippen MR) is 52.7 cm³/mol. The van der Waals surface area contributed by atoms with Crippen LogP contribution in [-0.2, 0) is 4.79 Å². The standard InChI is InChI=1S/C9H15N3O/c1-2-8(13)4-3-5-10-9-11-6-7-12-9/h2H,1,3-7H2,(H2,10,11,12). The fraction of sp³-hybridized carbons (Fsp3) is 0.556. The Kier molecular flexibility index (Phi) is 4.02. The van der Waals surface area contributed by atoms with Crippen molar-refractivity contribution in [1.82, 2.24) is 10.6 Å². The molecule has 2 N–H and O–H groups in total. The van der Waals surface area contributed by atoms with E-state index >= 15 is 0 Å². The number of carbonyl (C=O) groups is 1. The molecule has 4 nitrogen and oxygen atoms in total. The molecule has 4 heteroatoms. The second-order valence-corrected chi connectivity index (χ2v) is 2.86. The molecule has 0 spiro atoms. The molecule has 0 amide bonds. The van der Waals surface area contributed by atoms with Crippen LogP contribution in [0.15, 0.2) is 17.6 Å². The van der Waals surface area contributed by atoms with Gasteiger partial charge in [0, 0.05) is 19.5 Å². The van der Waals surface area contributed by atoms with Gasteiger partial charge < -0.3 is 10.6 Å². The first-order chi connectivity index (χ1) is 6.33. The van der Waals surface area contributed by atoms with E-state index in [2.05, 4.69) is 22.2 Å². The zero-order valence-corrected chi connectivity index (χ0v) is 7.68. The summed E-state index contributed by atoms with van der Waals surface area (Å²) in [7, 11) is 0. The number of allylic oxidation sites excluding steroid dienone is 1. The largest absolute Gasteiger partial charge is 0.356 e. The molecule has 1 rings (SSSR count). The van der Waals surface area contributed by atoms with Crippen LogP contribution in [0.5, 0.6) is 0 Å². The maximum atomic E-state index is 10.8. The van der Waals surface area contributed by atoms with E-state index < -0.39 is 0 Å². The van der Waals surface area contributed by atoms with Crippen LogP contribution in [0.25, 0.3) is 0 Å². The Bertz CT molecular complexity index is 223. The third kappa shape index (κ3) is 3.73. The van der Waals surface area contributed by atoms with Gasteiger partial charge in [-0.1, -0.05) is 6.58 Å². The van der Waals surface area contributed by atoms with Gasteiger partial charge in [0.05, 0.1) is 6.54 Å². The Morgan fingerprint density at radius 2 is 2.62 bits per heavy atom. The van der Waals surface area contributed by atoms with E-state index in [0.29, 0.717) is 6.42 Å². The van der Waals surface area contributed by atoms with Gasteiger partial charge >= 0.3 is 0 Å². The minimum absolute atomic E-state index is 0.100. The van der Waals surface area contributed by atoms with Gasteiger partial charge in [-0.25, -0.2) is 0 Å². The molecule has 0 aromatic heterocycles. The average molecular weight is 181 g/mol. The summed E-state index contributed by atoms with van der Waals surface area (Å²) in [4.78, 5) is 15.0. The maximum Gasteiger partial charge on any atom is 0.191 e. The molecule has 0 unspecified atom stereocenters. The molecule has 0 aromatic rings. The normalized spacial score (nSPS) is 14.6. The van der Waals surface area contributed by atoms with Crippen LogP contribution in [0, 0.1) is 0 Å². The molecular formula is C9H15N3O. The van der Waals surface area contributed by atoms with E-state index in [1.165, 1.54) is 6.08 Å². The highest BCUT2D eigenvalue weighted by molar-refractivity contribution is 5.89. The number of nitrogens with one attached hydrogen (secondary N) is 2. The number of ketones is 1. The highest BCUT2D eigenvalue weighted by atomic mass is 16.1. The van der Waals surface area contributed by atoms with Crippen molar-refractivity contribution in [3.8, 4) is 0 Å². The molecule has 1 aliphatic heterocycles. The van der Waals surface area contributed by atoms with Gasteiger partial charge in [-0.2, -0.15) is 0 Å². The summed E-state index contributed by atoms with van der Waals surface area (Å²) in [5.41, 5.74) is 0. The molecule has 0 aromatic carbocycles. The first-order valence-corrected chi connectivity index (χ1v) is 4.50. The first-order valence-electron chi connectivity index (χ1n) is 4.50. The topological polar surface area (TPSA) is 53.5 Å². The summed E-state index contributed by atoms with van der Waals surface area (Å²) < 4.78 is 0. The second-order valence-electron chi connectivity index (χ2n) is 2.86. The van der Waals surface area contributed by atoms with Crippen molar-refractivity contribution >= 4 is 11.7 Å². The maximum absolute atomic E-state index is 10.8. The molecule has 72 valence electrons. The van der Waals surface area contributed by atoms with Crippen molar-refractivity contribution in [2.45, 2.75) is 12.8 Å². The lowest BCUT2D eigenvalue weighted by molar-refractivity contribution is -0.114. The van der Waals surface area contributed by atoms with Crippen molar-refractivity contribution in [1.29, 1.82) is 0 Å². The molecule has 0 saturated heterocycles. The van der Waals surface area contributed by atoms with E-state index in [1.54, 1.807) is 0 Å². The summed E-state index contributed by atoms with van der Waals surface area (Å²) in [5.74, 6) is 0.953. The Balaban J connectivity index is 2.00. The Morgan fingerprint density at radius 1 is 1.77 bits per heavy atom. The molecular weight excluding hydrogens is 166 g/mol. The molecule has 0 aliphatic carbocycles. The SMILES string of the molecule is C=CC(=O)CCCNC1=NCCN1. The lowest BCUT2D eigenvalue weighted by atomic mass is 10.2. The minimum atomic E-state index is 0.100. The lowest BCUT2D eigenvalue weighted by Crippen LogP contribution is -2.34. The van der Waals surface area contributed by atoms with Crippen LogP contribution in [0.4, 0.5) is 0 Å². The zero-order valence-electron chi connectivity index (χ0n) is 7.68. The molecule has 0 bridgehead atoms. The second kappa shape index (κ2) is 5.35. The molecule has 0 fully saturated rings. The fourth-order valence-electron chi connectivity index (χ4n) is 1.09. The number of nitrogens with zero attached hydrogens (tertiary/aromatic N) is 1. The van der Waals surface area contributed by atoms with E-state index in [9.17, 15) is 4.79 Å². The fourth-order valence-corrected chi connectivity index (χ4v) is 1.09. The van der Waals surface area contributed by atoms with Gasteiger partial charge in [-0.15, -0.1) is 0 Å². The zero-order chi connectivity index (χ0) is 9.52.